The SMILES string of the molecule is COc1ccc2c(c1OC)C(=O)C1=C2NN(C)CCc2cc3c(c(OC)c21)OCO3. The molecule has 30 heavy (non-hydrogen) atoms. The zero-order valence-corrected chi connectivity index (χ0v) is 17.3. The third-order valence-corrected chi connectivity index (χ3v) is 5.69. The molecule has 2 aliphatic heterocycles. The van der Waals surface area contributed by atoms with Gasteiger partial charge in [0.2, 0.25) is 12.5 Å². The van der Waals surface area contributed by atoms with Crippen molar-refractivity contribution >= 4 is 17.1 Å². The number of carbonyl (C=O) groups excluding carboxylic acids is 1. The summed E-state index contributed by atoms with van der Waals surface area (Å²) in [6, 6.07) is 5.62. The van der Waals surface area contributed by atoms with Crippen LogP contribution >= 0.6 is 0 Å². The van der Waals surface area contributed by atoms with Crippen molar-refractivity contribution in [1.82, 2.24) is 10.4 Å². The summed E-state index contributed by atoms with van der Waals surface area (Å²) in [5.41, 5.74) is 7.52. The number of fused-ring (bicyclic) bond motifs is 5. The van der Waals surface area contributed by atoms with Gasteiger partial charge in [-0.2, -0.15) is 0 Å². The molecule has 0 amide bonds. The molecule has 0 saturated heterocycles. The van der Waals surface area contributed by atoms with E-state index in [1.165, 1.54) is 7.11 Å². The van der Waals surface area contributed by atoms with Crippen molar-refractivity contribution in [3.8, 4) is 28.7 Å². The van der Waals surface area contributed by atoms with Gasteiger partial charge in [0.25, 0.3) is 0 Å². The number of likely N-dealkylation sites (N-methyl/N-ethyl adjacent to an activating group) is 1. The first-order valence-corrected chi connectivity index (χ1v) is 9.61. The fourth-order valence-electron chi connectivity index (χ4n) is 4.35. The lowest BCUT2D eigenvalue weighted by Gasteiger charge is -2.26. The second kappa shape index (κ2) is 6.84. The van der Waals surface area contributed by atoms with Crippen molar-refractivity contribution in [2.24, 2.45) is 0 Å². The fourth-order valence-corrected chi connectivity index (χ4v) is 4.35. The van der Waals surface area contributed by atoms with Crippen LogP contribution in [0.3, 0.4) is 0 Å². The molecule has 0 fully saturated rings. The van der Waals surface area contributed by atoms with Gasteiger partial charge in [0.1, 0.15) is 0 Å². The van der Waals surface area contributed by atoms with E-state index in [4.69, 9.17) is 23.7 Å². The molecule has 0 radical (unpaired) electrons. The molecule has 2 aromatic rings. The van der Waals surface area contributed by atoms with Crippen LogP contribution in [0.5, 0.6) is 28.7 Å². The Morgan fingerprint density at radius 3 is 2.57 bits per heavy atom. The number of ether oxygens (including phenoxy) is 5. The second-order valence-electron chi connectivity index (χ2n) is 7.26. The van der Waals surface area contributed by atoms with Gasteiger partial charge in [-0.3, -0.25) is 4.79 Å². The van der Waals surface area contributed by atoms with E-state index >= 15 is 0 Å². The lowest BCUT2D eigenvalue weighted by molar-refractivity contribution is 0.105. The number of hydrogen-bond donors (Lipinski definition) is 1. The molecule has 5 rings (SSSR count). The summed E-state index contributed by atoms with van der Waals surface area (Å²) in [6.45, 7) is 0.848. The van der Waals surface area contributed by atoms with Gasteiger partial charge >= 0.3 is 0 Å². The fraction of sp³-hybridized carbons (Fsp3) is 0.318. The predicted octanol–water partition coefficient (Wildman–Crippen LogP) is 2.50. The van der Waals surface area contributed by atoms with E-state index in [9.17, 15) is 4.79 Å². The number of rotatable bonds is 3. The molecule has 0 spiro atoms. The topological polar surface area (TPSA) is 78.5 Å². The van der Waals surface area contributed by atoms with Gasteiger partial charge in [-0.15, -0.1) is 0 Å². The molecule has 2 heterocycles. The minimum Gasteiger partial charge on any atom is -0.493 e. The van der Waals surface area contributed by atoms with Gasteiger partial charge in [-0.05, 0) is 30.2 Å². The Bertz CT molecular complexity index is 1110. The van der Waals surface area contributed by atoms with E-state index < -0.39 is 0 Å². The highest BCUT2D eigenvalue weighted by atomic mass is 16.7. The van der Waals surface area contributed by atoms with E-state index in [0.717, 1.165) is 23.2 Å². The molecule has 0 aromatic heterocycles. The average Bonchev–Trinajstić information content (AvgIpc) is 3.32. The third-order valence-electron chi connectivity index (χ3n) is 5.69. The number of hydrogen-bond acceptors (Lipinski definition) is 8. The Kier molecular flexibility index (Phi) is 4.25. The van der Waals surface area contributed by atoms with Gasteiger partial charge in [-0.1, -0.05) is 0 Å². The molecule has 1 N–H and O–H groups in total. The van der Waals surface area contributed by atoms with Gasteiger partial charge in [-0.25, -0.2) is 5.01 Å². The number of benzene rings is 2. The number of nitrogens with one attached hydrogen (secondary N) is 1. The minimum atomic E-state index is -0.156. The van der Waals surface area contributed by atoms with Gasteiger partial charge in [0, 0.05) is 24.7 Å². The zero-order chi connectivity index (χ0) is 21.0. The van der Waals surface area contributed by atoms with Crippen LogP contribution in [0.25, 0.3) is 11.3 Å². The van der Waals surface area contributed by atoms with E-state index in [0.29, 0.717) is 52.0 Å². The van der Waals surface area contributed by atoms with Crippen molar-refractivity contribution < 1.29 is 28.5 Å². The van der Waals surface area contributed by atoms with Crippen molar-refractivity contribution in [2.45, 2.75) is 6.42 Å². The Labute approximate surface area is 173 Å². The van der Waals surface area contributed by atoms with Crippen molar-refractivity contribution in [1.29, 1.82) is 0 Å². The monoisotopic (exact) mass is 410 g/mol. The molecular weight excluding hydrogens is 388 g/mol. The summed E-state index contributed by atoms with van der Waals surface area (Å²) < 4.78 is 28.0. The van der Waals surface area contributed by atoms with Crippen LogP contribution in [0.1, 0.15) is 27.0 Å². The predicted molar refractivity (Wildman–Crippen MR) is 109 cm³/mol. The van der Waals surface area contributed by atoms with Gasteiger partial charge < -0.3 is 29.1 Å². The maximum atomic E-state index is 13.8. The Morgan fingerprint density at radius 2 is 1.83 bits per heavy atom. The molecule has 1 aliphatic carbocycles. The standard InChI is InChI=1S/C22H22N2O6/c1-24-8-7-11-9-14-21(30-10-29-14)22(28-4)15(11)17-18(23-24)12-5-6-13(26-2)20(27-3)16(12)19(17)25/h5-6,9,23H,7-8,10H2,1-4H3. The molecule has 3 aliphatic rings. The molecule has 0 atom stereocenters. The summed E-state index contributed by atoms with van der Waals surface area (Å²) in [5.74, 6) is 2.42. The number of Topliss-reactive ketones (excluding diaryl/α,β-unsaturated/α-hetero) is 1. The quantitative estimate of drug-likeness (QED) is 0.827. The molecule has 0 bridgehead atoms. The van der Waals surface area contributed by atoms with Crippen LogP contribution in [-0.4, -0.2) is 52.5 Å². The lowest BCUT2D eigenvalue weighted by atomic mass is 9.92. The van der Waals surface area contributed by atoms with E-state index in [-0.39, 0.29) is 12.6 Å². The smallest absolute Gasteiger partial charge is 0.231 e. The molecule has 8 nitrogen and oxygen atoms in total. The maximum absolute atomic E-state index is 13.8. The van der Waals surface area contributed by atoms with Crippen LogP contribution in [0.4, 0.5) is 0 Å². The number of hydrazine groups is 1. The first-order valence-electron chi connectivity index (χ1n) is 9.61. The van der Waals surface area contributed by atoms with Crippen LogP contribution in [0, 0.1) is 0 Å². The number of carbonyl (C=O) groups is 1. The molecule has 156 valence electrons. The number of methoxy groups -OCH3 is 3. The summed E-state index contributed by atoms with van der Waals surface area (Å²) in [6.07, 6.45) is 0.701. The van der Waals surface area contributed by atoms with Crippen LogP contribution in [-0.2, 0) is 6.42 Å². The molecule has 8 heteroatoms. The zero-order valence-electron chi connectivity index (χ0n) is 17.3. The molecular formula is C22H22N2O6. The largest absolute Gasteiger partial charge is 0.493 e. The summed E-state index contributed by atoms with van der Waals surface area (Å²) in [5, 5.41) is 1.97. The lowest BCUT2D eigenvalue weighted by Crippen LogP contribution is -2.36. The van der Waals surface area contributed by atoms with E-state index in [1.807, 2.05) is 24.2 Å². The molecule has 2 aromatic carbocycles. The summed E-state index contributed by atoms with van der Waals surface area (Å²) >= 11 is 0. The van der Waals surface area contributed by atoms with Gasteiger partial charge in [0.15, 0.2) is 28.8 Å². The van der Waals surface area contributed by atoms with Crippen LogP contribution < -0.4 is 29.1 Å². The molecule has 0 unspecified atom stereocenters. The van der Waals surface area contributed by atoms with Crippen molar-refractivity contribution in [3.63, 3.8) is 0 Å². The number of allylic oxidation sites excluding steroid dienone is 1. The molecule has 0 saturated carbocycles. The van der Waals surface area contributed by atoms with E-state index in [1.54, 1.807) is 20.3 Å². The second-order valence-corrected chi connectivity index (χ2v) is 7.26. The van der Waals surface area contributed by atoms with Crippen molar-refractivity contribution in [3.05, 3.63) is 40.5 Å². The van der Waals surface area contributed by atoms with Crippen LogP contribution in [0.15, 0.2) is 18.2 Å². The van der Waals surface area contributed by atoms with Gasteiger partial charge in [0.05, 0.1) is 38.2 Å². The van der Waals surface area contributed by atoms with Crippen molar-refractivity contribution in [2.75, 3.05) is 41.7 Å². The third kappa shape index (κ3) is 2.46. The minimum absolute atomic E-state index is 0.123. The Balaban J connectivity index is 1.82. The first kappa shape index (κ1) is 18.6. The van der Waals surface area contributed by atoms with E-state index in [2.05, 4.69) is 5.43 Å². The average molecular weight is 410 g/mol. The normalized spacial score (nSPS) is 16.9. The summed E-state index contributed by atoms with van der Waals surface area (Å²) in [4.78, 5) is 13.8. The highest BCUT2D eigenvalue weighted by Gasteiger charge is 2.40. The first-order chi connectivity index (χ1) is 14.6. The Hall–Kier alpha value is -3.39. The maximum Gasteiger partial charge on any atom is 0.231 e. The Morgan fingerprint density at radius 1 is 1.03 bits per heavy atom. The van der Waals surface area contributed by atoms with Crippen LogP contribution in [0.2, 0.25) is 0 Å². The highest BCUT2D eigenvalue weighted by Crippen LogP contribution is 2.52. The highest BCUT2D eigenvalue weighted by molar-refractivity contribution is 6.41. The summed E-state index contributed by atoms with van der Waals surface area (Å²) in [7, 11) is 6.61. The number of nitrogens with zero attached hydrogens (tertiary/aromatic N) is 1. The number of ketones is 1.